The number of tetrazole rings is 1. The molecule has 1 amide bonds. The van der Waals surface area contributed by atoms with Crippen molar-refractivity contribution >= 4 is 5.91 Å². The Morgan fingerprint density at radius 2 is 1.97 bits per heavy atom. The van der Waals surface area contributed by atoms with Crippen LogP contribution in [0.1, 0.15) is 46.2 Å². The summed E-state index contributed by atoms with van der Waals surface area (Å²) < 4.78 is 18.9. The SMILES string of the molecule is COc1c2c(cc3c1[C@@H](c1nnnn1-c1ccccc1C(=O)N1CCCC1)N(C)CC3)OCO2. The van der Waals surface area contributed by atoms with Crippen molar-refractivity contribution in [3.05, 3.63) is 52.8 Å². The third-order valence-electron chi connectivity index (χ3n) is 6.89. The molecule has 3 aliphatic heterocycles. The highest BCUT2D eigenvalue weighted by Crippen LogP contribution is 2.50. The molecule has 1 saturated heterocycles. The second-order valence-electron chi connectivity index (χ2n) is 8.81. The van der Waals surface area contributed by atoms with E-state index in [2.05, 4.69) is 20.4 Å². The van der Waals surface area contributed by atoms with E-state index in [1.54, 1.807) is 11.8 Å². The van der Waals surface area contributed by atoms with Crippen molar-refractivity contribution in [2.75, 3.05) is 40.6 Å². The molecule has 0 radical (unpaired) electrons. The van der Waals surface area contributed by atoms with Crippen LogP contribution in [0.25, 0.3) is 5.69 Å². The lowest BCUT2D eigenvalue weighted by Gasteiger charge is -2.35. The van der Waals surface area contributed by atoms with Crippen LogP contribution in [0.2, 0.25) is 0 Å². The highest BCUT2D eigenvalue weighted by molar-refractivity contribution is 5.98. The van der Waals surface area contributed by atoms with Gasteiger partial charge in [-0.2, -0.15) is 4.68 Å². The van der Waals surface area contributed by atoms with Crippen LogP contribution < -0.4 is 14.2 Å². The number of nitrogens with zero attached hydrogens (tertiary/aromatic N) is 6. The number of aromatic nitrogens is 4. The lowest BCUT2D eigenvalue weighted by atomic mass is 9.90. The molecule has 4 heterocycles. The molecule has 1 aromatic heterocycles. The smallest absolute Gasteiger partial charge is 0.256 e. The summed E-state index contributed by atoms with van der Waals surface area (Å²) in [6.07, 6.45) is 2.90. The third-order valence-corrected chi connectivity index (χ3v) is 6.89. The van der Waals surface area contributed by atoms with Crippen molar-refractivity contribution in [3.63, 3.8) is 0 Å². The van der Waals surface area contributed by atoms with Gasteiger partial charge in [0.1, 0.15) is 6.04 Å². The van der Waals surface area contributed by atoms with Crippen LogP contribution in [0.15, 0.2) is 30.3 Å². The van der Waals surface area contributed by atoms with E-state index in [0.29, 0.717) is 34.3 Å². The molecule has 6 rings (SSSR count). The van der Waals surface area contributed by atoms with Gasteiger partial charge in [0, 0.05) is 25.2 Å². The zero-order valence-electron chi connectivity index (χ0n) is 19.2. The number of methoxy groups -OCH3 is 1. The van der Waals surface area contributed by atoms with Gasteiger partial charge in [0.15, 0.2) is 17.3 Å². The number of carbonyl (C=O) groups is 1. The number of carbonyl (C=O) groups excluding carboxylic acids is 1. The van der Waals surface area contributed by atoms with Crippen LogP contribution in [-0.4, -0.2) is 76.5 Å². The Bertz CT molecular complexity index is 1250. The highest BCUT2D eigenvalue weighted by atomic mass is 16.7. The van der Waals surface area contributed by atoms with Gasteiger partial charge in [-0.25, -0.2) is 0 Å². The molecule has 1 atom stereocenters. The lowest BCUT2D eigenvalue weighted by Crippen LogP contribution is -2.35. The van der Waals surface area contributed by atoms with Gasteiger partial charge >= 0.3 is 0 Å². The summed E-state index contributed by atoms with van der Waals surface area (Å²) in [5, 5.41) is 12.8. The minimum absolute atomic E-state index is 0.00731. The van der Waals surface area contributed by atoms with Crippen molar-refractivity contribution in [1.82, 2.24) is 30.0 Å². The predicted octanol–water partition coefficient (Wildman–Crippen LogP) is 2.21. The zero-order chi connectivity index (χ0) is 23.2. The van der Waals surface area contributed by atoms with Crippen LogP contribution in [0.3, 0.4) is 0 Å². The van der Waals surface area contributed by atoms with Gasteiger partial charge in [-0.05, 0) is 60.5 Å². The summed E-state index contributed by atoms with van der Waals surface area (Å²) in [5.74, 6) is 2.55. The van der Waals surface area contributed by atoms with Crippen LogP contribution in [-0.2, 0) is 6.42 Å². The number of ether oxygens (including phenoxy) is 3. The maximum absolute atomic E-state index is 13.3. The number of hydrogen-bond donors (Lipinski definition) is 0. The third kappa shape index (κ3) is 3.20. The number of rotatable bonds is 4. The molecule has 34 heavy (non-hydrogen) atoms. The number of amides is 1. The monoisotopic (exact) mass is 462 g/mol. The minimum atomic E-state index is -0.293. The summed E-state index contributed by atoms with van der Waals surface area (Å²) in [4.78, 5) is 17.4. The van der Waals surface area contributed by atoms with E-state index in [-0.39, 0.29) is 18.7 Å². The second-order valence-corrected chi connectivity index (χ2v) is 8.81. The summed E-state index contributed by atoms with van der Waals surface area (Å²) in [6.45, 7) is 2.53. The van der Waals surface area contributed by atoms with E-state index in [1.807, 2.05) is 42.3 Å². The molecular weight excluding hydrogens is 436 g/mol. The maximum atomic E-state index is 13.3. The fourth-order valence-electron chi connectivity index (χ4n) is 5.22. The molecule has 0 saturated carbocycles. The van der Waals surface area contributed by atoms with E-state index in [9.17, 15) is 4.79 Å². The Hall–Kier alpha value is -3.66. The van der Waals surface area contributed by atoms with E-state index in [4.69, 9.17) is 14.2 Å². The Kier molecular flexibility index (Phi) is 5.09. The maximum Gasteiger partial charge on any atom is 0.256 e. The molecule has 0 aliphatic carbocycles. The van der Waals surface area contributed by atoms with Crippen molar-refractivity contribution in [2.24, 2.45) is 0 Å². The fourth-order valence-corrected chi connectivity index (χ4v) is 5.22. The highest BCUT2D eigenvalue weighted by Gasteiger charge is 2.38. The number of likely N-dealkylation sites (N-methyl/N-ethyl adjacent to an activating group) is 1. The largest absolute Gasteiger partial charge is 0.492 e. The van der Waals surface area contributed by atoms with Crippen molar-refractivity contribution in [2.45, 2.75) is 25.3 Å². The van der Waals surface area contributed by atoms with Gasteiger partial charge < -0.3 is 19.1 Å². The minimum Gasteiger partial charge on any atom is -0.492 e. The number of benzene rings is 2. The lowest BCUT2D eigenvalue weighted by molar-refractivity contribution is 0.0792. The quantitative estimate of drug-likeness (QED) is 0.583. The average Bonchev–Trinajstić information content (AvgIpc) is 3.64. The predicted molar refractivity (Wildman–Crippen MR) is 122 cm³/mol. The van der Waals surface area contributed by atoms with Crippen molar-refractivity contribution in [3.8, 4) is 22.9 Å². The molecule has 0 bridgehead atoms. The molecule has 10 heteroatoms. The van der Waals surface area contributed by atoms with E-state index in [0.717, 1.165) is 50.0 Å². The van der Waals surface area contributed by atoms with Gasteiger partial charge in [0.25, 0.3) is 5.91 Å². The first kappa shape index (κ1) is 20.9. The molecule has 10 nitrogen and oxygen atoms in total. The second kappa shape index (κ2) is 8.28. The van der Waals surface area contributed by atoms with Crippen molar-refractivity contribution < 1.29 is 19.0 Å². The molecular formula is C24H26N6O4. The molecule has 0 N–H and O–H groups in total. The number of hydrogen-bond acceptors (Lipinski definition) is 8. The first-order chi connectivity index (χ1) is 16.7. The topological polar surface area (TPSA) is 94.8 Å². The van der Waals surface area contributed by atoms with E-state index in [1.165, 1.54) is 0 Å². The van der Waals surface area contributed by atoms with E-state index >= 15 is 0 Å². The van der Waals surface area contributed by atoms with Gasteiger partial charge in [-0.1, -0.05) is 12.1 Å². The molecule has 2 aromatic carbocycles. The Balaban J connectivity index is 1.49. The standard InChI is InChI=1S/C24H26N6O4/c1-28-12-9-15-13-18-21(34-14-33-18)22(32-2)19(15)20(28)23-25-26-27-30(23)17-8-4-3-7-16(17)24(31)29-10-5-6-11-29/h3-4,7-8,13,20H,5-6,9-12,14H2,1-2H3/t20-/m0/s1. The van der Waals surface area contributed by atoms with Gasteiger partial charge in [0.2, 0.25) is 12.5 Å². The first-order valence-electron chi connectivity index (χ1n) is 11.5. The zero-order valence-corrected chi connectivity index (χ0v) is 19.2. The van der Waals surface area contributed by atoms with Crippen LogP contribution in [0, 0.1) is 0 Å². The average molecular weight is 463 g/mol. The number of para-hydroxylation sites is 1. The van der Waals surface area contributed by atoms with Gasteiger partial charge in [-0.15, -0.1) is 5.10 Å². The molecule has 176 valence electrons. The molecule has 0 spiro atoms. The first-order valence-corrected chi connectivity index (χ1v) is 11.5. The molecule has 3 aromatic rings. The normalized spacial score (nSPS) is 19.4. The summed E-state index contributed by atoms with van der Waals surface area (Å²) in [7, 11) is 3.67. The Morgan fingerprint density at radius 1 is 1.15 bits per heavy atom. The van der Waals surface area contributed by atoms with Gasteiger partial charge in [0.05, 0.1) is 18.4 Å². The number of fused-ring (bicyclic) bond motifs is 2. The van der Waals surface area contributed by atoms with Crippen LogP contribution in [0.4, 0.5) is 0 Å². The summed E-state index contributed by atoms with van der Waals surface area (Å²) in [6, 6.07) is 9.25. The van der Waals surface area contributed by atoms with Gasteiger partial charge in [-0.3, -0.25) is 9.69 Å². The fraction of sp³-hybridized carbons (Fsp3) is 0.417. The van der Waals surface area contributed by atoms with Crippen LogP contribution >= 0.6 is 0 Å². The summed E-state index contributed by atoms with van der Waals surface area (Å²) in [5.41, 5.74) is 3.33. The summed E-state index contributed by atoms with van der Waals surface area (Å²) >= 11 is 0. The van der Waals surface area contributed by atoms with Crippen LogP contribution in [0.5, 0.6) is 17.2 Å². The number of likely N-dealkylation sites (tertiary alicyclic amines) is 1. The Morgan fingerprint density at radius 3 is 2.79 bits per heavy atom. The van der Waals surface area contributed by atoms with Crippen molar-refractivity contribution in [1.29, 1.82) is 0 Å². The van der Waals surface area contributed by atoms with E-state index < -0.39 is 0 Å². The Labute approximate surface area is 197 Å². The molecule has 0 unspecified atom stereocenters. The molecule has 1 fully saturated rings. The molecule has 3 aliphatic rings.